The number of hydrogen-bond donors (Lipinski definition) is 2. The zero-order chi connectivity index (χ0) is 20.0. The first-order valence-corrected chi connectivity index (χ1v) is 10.8. The van der Waals surface area contributed by atoms with Crippen LogP contribution in [0.4, 0.5) is 4.39 Å². The van der Waals surface area contributed by atoms with E-state index in [4.69, 9.17) is 0 Å². The molecule has 150 valence electrons. The Morgan fingerprint density at radius 3 is 2.36 bits per heavy atom. The van der Waals surface area contributed by atoms with Crippen molar-refractivity contribution in [3.05, 3.63) is 66.0 Å². The number of carbonyl (C=O) groups excluding carboxylic acids is 1. The average Bonchev–Trinajstić information content (AvgIpc) is 2.70. The van der Waals surface area contributed by atoms with Gasteiger partial charge in [-0.15, -0.1) is 0 Å². The minimum absolute atomic E-state index is 0.106. The van der Waals surface area contributed by atoms with Gasteiger partial charge in [-0.1, -0.05) is 36.4 Å². The van der Waals surface area contributed by atoms with Crippen LogP contribution in [-0.2, 0) is 21.2 Å². The molecule has 3 rings (SSSR count). The summed E-state index contributed by atoms with van der Waals surface area (Å²) in [5, 5.41) is 2.81. The van der Waals surface area contributed by atoms with Gasteiger partial charge in [-0.2, -0.15) is 4.31 Å². The molecule has 0 bridgehead atoms. The molecule has 1 amide bonds. The van der Waals surface area contributed by atoms with E-state index in [9.17, 15) is 17.6 Å². The van der Waals surface area contributed by atoms with Gasteiger partial charge in [-0.3, -0.25) is 4.79 Å². The SMILES string of the molecule is O=C(C[NH+]1CCN(S(=O)(=O)c2ccccc2)CC1)NCCc1ccccc1F. The highest BCUT2D eigenvalue weighted by atomic mass is 32.2. The Morgan fingerprint density at radius 2 is 1.68 bits per heavy atom. The monoisotopic (exact) mass is 406 g/mol. The molecule has 6 nitrogen and oxygen atoms in total. The van der Waals surface area contributed by atoms with Crippen molar-refractivity contribution in [1.82, 2.24) is 9.62 Å². The summed E-state index contributed by atoms with van der Waals surface area (Å²) >= 11 is 0. The molecule has 1 aliphatic heterocycles. The van der Waals surface area contributed by atoms with E-state index >= 15 is 0 Å². The summed E-state index contributed by atoms with van der Waals surface area (Å²) in [6, 6.07) is 14.9. The smallest absolute Gasteiger partial charge is 0.275 e. The third-order valence-corrected chi connectivity index (χ3v) is 6.81. The van der Waals surface area contributed by atoms with Crippen LogP contribution >= 0.6 is 0 Å². The molecule has 28 heavy (non-hydrogen) atoms. The number of hydrogen-bond acceptors (Lipinski definition) is 3. The van der Waals surface area contributed by atoms with Crippen LogP contribution in [0, 0.1) is 5.82 Å². The van der Waals surface area contributed by atoms with Crippen LogP contribution in [0.2, 0.25) is 0 Å². The lowest BCUT2D eigenvalue weighted by molar-refractivity contribution is -0.895. The van der Waals surface area contributed by atoms with Gasteiger partial charge in [0.15, 0.2) is 6.54 Å². The zero-order valence-electron chi connectivity index (χ0n) is 15.6. The maximum Gasteiger partial charge on any atom is 0.275 e. The van der Waals surface area contributed by atoms with Gasteiger partial charge in [0, 0.05) is 6.54 Å². The Hall–Kier alpha value is -2.29. The maximum absolute atomic E-state index is 13.6. The topological polar surface area (TPSA) is 70.9 Å². The second kappa shape index (κ2) is 9.27. The molecule has 1 aliphatic rings. The lowest BCUT2D eigenvalue weighted by Crippen LogP contribution is -3.15. The fourth-order valence-electron chi connectivity index (χ4n) is 3.29. The summed E-state index contributed by atoms with van der Waals surface area (Å²) in [6.07, 6.45) is 0.441. The van der Waals surface area contributed by atoms with Gasteiger partial charge in [0.1, 0.15) is 5.82 Å². The quantitative estimate of drug-likeness (QED) is 0.684. The predicted molar refractivity (Wildman–Crippen MR) is 104 cm³/mol. The second-order valence-corrected chi connectivity index (χ2v) is 8.77. The number of sulfonamides is 1. The van der Waals surface area contributed by atoms with Crippen LogP contribution in [0.3, 0.4) is 0 Å². The molecule has 1 heterocycles. The van der Waals surface area contributed by atoms with Crippen molar-refractivity contribution in [2.45, 2.75) is 11.3 Å². The van der Waals surface area contributed by atoms with Crippen molar-refractivity contribution in [1.29, 1.82) is 0 Å². The number of nitrogens with one attached hydrogen (secondary N) is 2. The van der Waals surface area contributed by atoms with Crippen molar-refractivity contribution >= 4 is 15.9 Å². The number of rotatable bonds is 7. The molecule has 8 heteroatoms. The summed E-state index contributed by atoms with van der Waals surface area (Å²) in [4.78, 5) is 13.5. The lowest BCUT2D eigenvalue weighted by Gasteiger charge is -2.31. The van der Waals surface area contributed by atoms with Crippen molar-refractivity contribution in [3.63, 3.8) is 0 Å². The van der Waals surface area contributed by atoms with Crippen LogP contribution in [0.15, 0.2) is 59.5 Å². The van der Waals surface area contributed by atoms with Crippen molar-refractivity contribution in [2.24, 2.45) is 0 Å². The van der Waals surface area contributed by atoms with E-state index in [1.807, 2.05) is 0 Å². The van der Waals surface area contributed by atoms with Gasteiger partial charge in [-0.25, -0.2) is 12.8 Å². The lowest BCUT2D eigenvalue weighted by atomic mass is 10.1. The van der Waals surface area contributed by atoms with Gasteiger partial charge >= 0.3 is 0 Å². The Labute approximate surface area is 165 Å². The first-order chi connectivity index (χ1) is 13.5. The second-order valence-electron chi connectivity index (χ2n) is 6.84. The van der Waals surface area contributed by atoms with Gasteiger partial charge in [0.05, 0.1) is 31.1 Å². The third-order valence-electron chi connectivity index (χ3n) is 4.90. The highest BCUT2D eigenvalue weighted by Gasteiger charge is 2.30. The highest BCUT2D eigenvalue weighted by molar-refractivity contribution is 7.89. The molecule has 0 saturated carbocycles. The van der Waals surface area contributed by atoms with Crippen molar-refractivity contribution in [3.8, 4) is 0 Å². The van der Waals surface area contributed by atoms with Gasteiger partial charge in [0.2, 0.25) is 10.0 Å². The molecule has 0 radical (unpaired) electrons. The van der Waals surface area contributed by atoms with E-state index in [-0.39, 0.29) is 18.3 Å². The number of benzene rings is 2. The molecule has 1 saturated heterocycles. The molecular weight excluding hydrogens is 381 g/mol. The largest absolute Gasteiger partial charge is 0.351 e. The van der Waals surface area contributed by atoms with Gasteiger partial charge < -0.3 is 10.2 Å². The molecule has 1 fully saturated rings. The summed E-state index contributed by atoms with van der Waals surface area (Å²) in [5.41, 5.74) is 0.579. The van der Waals surface area contributed by atoms with Crippen LogP contribution in [0.5, 0.6) is 0 Å². The standard InChI is InChI=1S/C20H24FN3O3S/c21-19-9-5-4-6-17(19)10-11-22-20(25)16-23-12-14-24(15-13-23)28(26,27)18-7-2-1-3-8-18/h1-9H,10-16H2,(H,22,25)/p+1. The number of quaternary nitrogens is 1. The van der Waals surface area contributed by atoms with E-state index in [1.165, 1.54) is 10.4 Å². The number of nitrogens with zero attached hydrogens (tertiary/aromatic N) is 1. The van der Waals surface area contributed by atoms with Gasteiger partial charge in [0.25, 0.3) is 5.91 Å². The maximum atomic E-state index is 13.6. The molecular formula is C20H25FN3O3S+. The van der Waals surface area contributed by atoms with E-state index in [1.54, 1.807) is 48.5 Å². The third kappa shape index (κ3) is 5.15. The summed E-state index contributed by atoms with van der Waals surface area (Å²) in [6.45, 7) is 2.59. The highest BCUT2D eigenvalue weighted by Crippen LogP contribution is 2.14. The normalized spacial score (nSPS) is 16.0. The summed E-state index contributed by atoms with van der Waals surface area (Å²) in [5.74, 6) is -0.371. The number of amides is 1. The first kappa shape index (κ1) is 20.4. The Kier molecular flexibility index (Phi) is 6.77. The predicted octanol–water partition coefficient (Wildman–Crippen LogP) is 0.0738. The minimum atomic E-state index is -3.48. The first-order valence-electron chi connectivity index (χ1n) is 9.35. The molecule has 2 aromatic rings. The van der Waals surface area contributed by atoms with Crippen molar-refractivity contribution in [2.75, 3.05) is 39.3 Å². The number of halogens is 1. The molecule has 0 spiro atoms. The Balaban J connectivity index is 1.43. The van der Waals surface area contributed by atoms with Gasteiger partial charge in [-0.05, 0) is 30.2 Å². The molecule has 0 aliphatic carbocycles. The van der Waals surface area contributed by atoms with Crippen molar-refractivity contribution < 1.29 is 22.5 Å². The molecule has 0 unspecified atom stereocenters. The fourth-order valence-corrected chi connectivity index (χ4v) is 4.75. The molecule has 0 atom stereocenters. The van der Waals surface area contributed by atoms with Crippen LogP contribution in [0.1, 0.15) is 5.56 Å². The minimum Gasteiger partial charge on any atom is -0.351 e. The summed E-state index contributed by atoms with van der Waals surface area (Å²) in [7, 11) is -3.48. The summed E-state index contributed by atoms with van der Waals surface area (Å²) < 4.78 is 40.3. The molecule has 2 aromatic carbocycles. The average molecular weight is 407 g/mol. The Bertz CT molecular complexity index is 898. The van der Waals surface area contributed by atoms with Crippen LogP contribution in [0.25, 0.3) is 0 Å². The van der Waals surface area contributed by atoms with E-state index in [0.717, 1.165) is 4.90 Å². The zero-order valence-corrected chi connectivity index (χ0v) is 16.4. The van der Waals surface area contributed by atoms with E-state index < -0.39 is 10.0 Å². The fraction of sp³-hybridized carbons (Fsp3) is 0.350. The number of piperazine rings is 1. The number of carbonyl (C=O) groups is 1. The van der Waals surface area contributed by atoms with E-state index in [2.05, 4.69) is 5.32 Å². The Morgan fingerprint density at radius 1 is 1.04 bits per heavy atom. The molecule has 2 N–H and O–H groups in total. The van der Waals surface area contributed by atoms with Crippen LogP contribution in [-0.4, -0.2) is 57.9 Å². The molecule has 0 aromatic heterocycles. The van der Waals surface area contributed by atoms with Crippen LogP contribution < -0.4 is 10.2 Å². The van der Waals surface area contributed by atoms with E-state index in [0.29, 0.717) is 49.6 Å².